The second-order valence-electron chi connectivity index (χ2n) is 12.0. The van der Waals surface area contributed by atoms with Crippen molar-refractivity contribution in [2.45, 2.75) is 126 Å². The second kappa shape index (κ2) is 14.0. The van der Waals surface area contributed by atoms with Gasteiger partial charge in [-0.3, -0.25) is 4.79 Å². The van der Waals surface area contributed by atoms with Crippen LogP contribution in [-0.2, 0) is 11.2 Å². The van der Waals surface area contributed by atoms with Gasteiger partial charge in [0.2, 0.25) is 0 Å². The minimum atomic E-state index is -0.162. The molecule has 3 nitrogen and oxygen atoms in total. The summed E-state index contributed by atoms with van der Waals surface area (Å²) in [5.74, 6) is 2.00. The predicted octanol–water partition coefficient (Wildman–Crippen LogP) is 9.50. The number of benzene rings is 1. The van der Waals surface area contributed by atoms with Crippen LogP contribution in [0.1, 0.15) is 116 Å². The number of hydrogen-bond donors (Lipinski definition) is 0. The lowest BCUT2D eigenvalue weighted by Gasteiger charge is -2.38. The Morgan fingerprint density at radius 3 is 2.11 bits per heavy atom. The van der Waals surface area contributed by atoms with Gasteiger partial charge >= 0.3 is 0 Å². The Hall–Kier alpha value is -2.29. The second-order valence-corrected chi connectivity index (χ2v) is 12.0. The molecule has 0 aromatic heterocycles. The van der Waals surface area contributed by atoms with Gasteiger partial charge in [-0.1, -0.05) is 48.8 Å². The highest BCUT2D eigenvalue weighted by Crippen LogP contribution is 2.44. The van der Waals surface area contributed by atoms with E-state index >= 15 is 0 Å². The maximum atomic E-state index is 12.1. The molecule has 0 spiro atoms. The molecule has 37 heavy (non-hydrogen) atoms. The first-order valence-electron chi connectivity index (χ1n) is 14.3. The molecule has 0 saturated carbocycles. The van der Waals surface area contributed by atoms with Gasteiger partial charge in [0.1, 0.15) is 23.7 Å². The quantitative estimate of drug-likeness (QED) is 0.249. The monoisotopic (exact) mass is 508 g/mol. The Balaban J connectivity index is 1.97. The number of carbonyl (C=O) groups excluding carboxylic acids is 1. The van der Waals surface area contributed by atoms with Crippen molar-refractivity contribution >= 4 is 5.78 Å². The molecule has 0 radical (unpaired) electrons. The van der Waals surface area contributed by atoms with Gasteiger partial charge < -0.3 is 9.47 Å². The highest BCUT2D eigenvalue weighted by molar-refractivity contribution is 5.81. The Labute approximate surface area is 227 Å². The van der Waals surface area contributed by atoms with Crippen LogP contribution in [-0.4, -0.2) is 18.0 Å². The first-order chi connectivity index (χ1) is 17.3. The molecule has 0 amide bonds. The van der Waals surface area contributed by atoms with Crippen molar-refractivity contribution in [3.63, 3.8) is 0 Å². The minimum absolute atomic E-state index is 0.0146. The van der Waals surface area contributed by atoms with Crippen LogP contribution < -0.4 is 9.47 Å². The molecule has 1 aliphatic rings. The van der Waals surface area contributed by atoms with E-state index in [0.29, 0.717) is 0 Å². The number of ketones is 1. The van der Waals surface area contributed by atoms with E-state index in [1.807, 2.05) is 13.8 Å². The third-order valence-corrected chi connectivity index (χ3v) is 7.85. The molecule has 1 heterocycles. The van der Waals surface area contributed by atoms with Crippen molar-refractivity contribution in [3.8, 4) is 11.5 Å². The summed E-state index contributed by atoms with van der Waals surface area (Å²) < 4.78 is 12.8. The van der Waals surface area contributed by atoms with E-state index in [4.69, 9.17) is 9.47 Å². The summed E-state index contributed by atoms with van der Waals surface area (Å²) in [5.41, 5.74) is 8.78. The van der Waals surface area contributed by atoms with E-state index in [0.717, 1.165) is 79.6 Å². The Bertz CT molecular complexity index is 1030. The minimum Gasteiger partial charge on any atom is -0.487 e. The molecule has 1 aromatic carbocycles. The zero-order valence-corrected chi connectivity index (χ0v) is 25.4. The number of hydrogen-bond acceptors (Lipinski definition) is 3. The lowest BCUT2D eigenvalue weighted by atomic mass is 9.85. The zero-order chi connectivity index (χ0) is 27.8. The Morgan fingerprint density at radius 1 is 0.919 bits per heavy atom. The number of allylic oxidation sites excluding steroid dienone is 6. The maximum absolute atomic E-state index is 12.1. The number of Topliss-reactive ketones (excluding diaryl/α,β-unsaturated/α-hetero) is 1. The van der Waals surface area contributed by atoms with Gasteiger partial charge in [0, 0.05) is 11.5 Å². The molecule has 0 bridgehead atoms. The molecular formula is C34H52O3. The van der Waals surface area contributed by atoms with Crippen molar-refractivity contribution in [2.24, 2.45) is 5.92 Å². The molecule has 0 N–H and O–H groups in total. The van der Waals surface area contributed by atoms with Crippen LogP contribution >= 0.6 is 0 Å². The summed E-state index contributed by atoms with van der Waals surface area (Å²) in [4.78, 5) is 12.1. The number of rotatable bonds is 13. The van der Waals surface area contributed by atoms with Gasteiger partial charge in [0.15, 0.2) is 5.78 Å². The van der Waals surface area contributed by atoms with Gasteiger partial charge in [-0.05, 0) is 123 Å². The van der Waals surface area contributed by atoms with Crippen molar-refractivity contribution in [1.82, 2.24) is 0 Å². The van der Waals surface area contributed by atoms with E-state index in [-0.39, 0.29) is 23.9 Å². The lowest BCUT2D eigenvalue weighted by molar-refractivity contribution is -0.123. The van der Waals surface area contributed by atoms with Gasteiger partial charge in [-0.2, -0.15) is 0 Å². The van der Waals surface area contributed by atoms with Crippen molar-refractivity contribution in [1.29, 1.82) is 0 Å². The third kappa shape index (κ3) is 9.20. The van der Waals surface area contributed by atoms with Gasteiger partial charge in [-0.25, -0.2) is 0 Å². The standard InChI is InChI=1S/C34H52O3/c1-23(2)14-11-15-25(5)16-12-17-26(6)18-13-20-34(10)21-19-30-29(9)32(36-22-31(35)24(3)4)27(7)28(8)33(30)37-34/h14,16,18,24H,11-13,15,17,19-22H2,1-10H3/b25-16+,26-18+/t34-/m1/s1. The van der Waals surface area contributed by atoms with E-state index in [1.54, 1.807) is 0 Å². The fourth-order valence-corrected chi connectivity index (χ4v) is 4.95. The largest absolute Gasteiger partial charge is 0.487 e. The molecule has 2 rings (SSSR count). The summed E-state index contributed by atoms with van der Waals surface area (Å²) in [6.07, 6.45) is 15.7. The summed E-state index contributed by atoms with van der Waals surface area (Å²) in [5, 5.41) is 0. The van der Waals surface area contributed by atoms with Gasteiger partial charge in [-0.15, -0.1) is 0 Å². The summed E-state index contributed by atoms with van der Waals surface area (Å²) in [6, 6.07) is 0. The molecule has 0 fully saturated rings. The number of ether oxygens (including phenoxy) is 2. The molecule has 1 atom stereocenters. The fourth-order valence-electron chi connectivity index (χ4n) is 4.95. The SMILES string of the molecule is CC(C)=CCC/C(C)=C/CC/C(C)=C/CC[C@]1(C)CCc2c(C)c(OCC(=O)C(C)C)c(C)c(C)c2O1. The Kier molecular flexibility index (Phi) is 11.7. The molecule has 1 aliphatic heterocycles. The van der Waals surface area contributed by atoms with Crippen LogP contribution in [0.15, 0.2) is 34.9 Å². The molecule has 0 aliphatic carbocycles. The van der Waals surface area contributed by atoms with Crippen molar-refractivity contribution in [2.75, 3.05) is 6.61 Å². The molecular weight excluding hydrogens is 456 g/mol. The number of fused-ring (bicyclic) bond motifs is 1. The molecule has 1 aromatic rings. The molecule has 0 unspecified atom stereocenters. The first kappa shape index (κ1) is 30.9. The van der Waals surface area contributed by atoms with Crippen molar-refractivity contribution in [3.05, 3.63) is 57.2 Å². The van der Waals surface area contributed by atoms with E-state index in [1.165, 1.54) is 22.3 Å². The van der Waals surface area contributed by atoms with Crippen LogP contribution in [0.5, 0.6) is 11.5 Å². The van der Waals surface area contributed by atoms with E-state index in [9.17, 15) is 4.79 Å². The van der Waals surface area contributed by atoms with Crippen LogP contribution in [0.25, 0.3) is 0 Å². The summed E-state index contributed by atoms with van der Waals surface area (Å²) in [6.45, 7) is 21.4. The third-order valence-electron chi connectivity index (χ3n) is 7.85. The summed E-state index contributed by atoms with van der Waals surface area (Å²) in [7, 11) is 0. The average Bonchev–Trinajstić information content (AvgIpc) is 2.82. The predicted molar refractivity (Wildman–Crippen MR) is 158 cm³/mol. The normalized spacial score (nSPS) is 17.9. The topological polar surface area (TPSA) is 35.5 Å². The smallest absolute Gasteiger partial charge is 0.172 e. The summed E-state index contributed by atoms with van der Waals surface area (Å²) >= 11 is 0. The van der Waals surface area contributed by atoms with Gasteiger partial charge in [0.05, 0.1) is 0 Å². The van der Waals surface area contributed by atoms with Gasteiger partial charge in [0.25, 0.3) is 0 Å². The first-order valence-corrected chi connectivity index (χ1v) is 14.3. The average molecular weight is 509 g/mol. The van der Waals surface area contributed by atoms with Crippen LogP contribution in [0.4, 0.5) is 0 Å². The lowest BCUT2D eigenvalue weighted by Crippen LogP contribution is -2.37. The van der Waals surface area contributed by atoms with Crippen molar-refractivity contribution < 1.29 is 14.3 Å². The van der Waals surface area contributed by atoms with Crippen LogP contribution in [0, 0.1) is 26.7 Å². The maximum Gasteiger partial charge on any atom is 0.172 e. The van der Waals surface area contributed by atoms with E-state index in [2.05, 4.69) is 73.6 Å². The highest BCUT2D eigenvalue weighted by Gasteiger charge is 2.34. The molecule has 0 saturated heterocycles. The van der Waals surface area contributed by atoms with E-state index < -0.39 is 0 Å². The van der Waals surface area contributed by atoms with Crippen LogP contribution in [0.3, 0.4) is 0 Å². The fraction of sp³-hybridized carbons (Fsp3) is 0.618. The molecule has 3 heteroatoms. The Morgan fingerprint density at radius 2 is 1.51 bits per heavy atom. The molecule has 206 valence electrons. The highest BCUT2D eigenvalue weighted by atomic mass is 16.5. The number of carbonyl (C=O) groups is 1. The zero-order valence-electron chi connectivity index (χ0n) is 25.4. The van der Waals surface area contributed by atoms with Crippen LogP contribution in [0.2, 0.25) is 0 Å².